The number of hydrogen-bond acceptors (Lipinski definition) is 7. The van der Waals surface area contributed by atoms with Crippen molar-refractivity contribution in [1.82, 2.24) is 25.1 Å². The van der Waals surface area contributed by atoms with Gasteiger partial charge in [0.15, 0.2) is 0 Å². The molecule has 0 saturated carbocycles. The lowest BCUT2D eigenvalue weighted by atomic mass is 10.0. The van der Waals surface area contributed by atoms with Crippen LogP contribution in [-0.4, -0.2) is 39.9 Å². The van der Waals surface area contributed by atoms with Crippen molar-refractivity contribution >= 4 is 5.91 Å². The maximum atomic E-state index is 12.9. The van der Waals surface area contributed by atoms with E-state index in [-0.39, 0.29) is 12.3 Å². The van der Waals surface area contributed by atoms with Gasteiger partial charge in [-0.2, -0.15) is 0 Å². The molecular weight excluding hydrogens is 422 g/mol. The molecule has 0 unspecified atom stereocenters. The Morgan fingerprint density at radius 2 is 1.82 bits per heavy atom. The normalized spacial score (nSPS) is 11.7. The van der Waals surface area contributed by atoms with Gasteiger partial charge in [0.1, 0.15) is 23.4 Å². The first-order valence-electron chi connectivity index (χ1n) is 10.4. The predicted octanol–water partition coefficient (Wildman–Crippen LogP) is 3.33. The van der Waals surface area contributed by atoms with Gasteiger partial charge in [0, 0.05) is 43.9 Å². The first-order chi connectivity index (χ1) is 16.1. The summed E-state index contributed by atoms with van der Waals surface area (Å²) in [6, 6.07) is 14.5. The molecule has 0 radical (unpaired) electrons. The Morgan fingerprint density at radius 3 is 2.45 bits per heavy atom. The fraction of sp³-hybridized carbons (Fsp3) is 0.250. The molecule has 0 aliphatic heterocycles. The molecule has 2 aromatic heterocycles. The summed E-state index contributed by atoms with van der Waals surface area (Å²) < 4.78 is 18.4. The number of carbonyl (C=O) groups excluding carboxylic acids is 1. The van der Waals surface area contributed by atoms with E-state index in [4.69, 9.17) is 13.9 Å². The van der Waals surface area contributed by atoms with Crippen molar-refractivity contribution in [2.24, 2.45) is 7.05 Å². The fourth-order valence-corrected chi connectivity index (χ4v) is 3.45. The van der Waals surface area contributed by atoms with Gasteiger partial charge >= 0.3 is 0 Å². The third-order valence-corrected chi connectivity index (χ3v) is 5.18. The van der Waals surface area contributed by atoms with Gasteiger partial charge in [-0.1, -0.05) is 18.2 Å². The van der Waals surface area contributed by atoms with E-state index >= 15 is 0 Å². The smallest absolute Gasteiger partial charge is 0.247 e. The lowest BCUT2D eigenvalue weighted by molar-refractivity contribution is -0.121. The number of aromatic nitrogens is 4. The summed E-state index contributed by atoms with van der Waals surface area (Å²) in [4.78, 5) is 17.3. The summed E-state index contributed by atoms with van der Waals surface area (Å²) >= 11 is 0. The number of aryl methyl sites for hydroxylation is 2. The summed E-state index contributed by atoms with van der Waals surface area (Å²) in [6.07, 6.45) is 4.02. The molecule has 170 valence electrons. The van der Waals surface area contributed by atoms with Gasteiger partial charge in [-0.25, -0.2) is 4.98 Å². The highest BCUT2D eigenvalue weighted by Crippen LogP contribution is 2.29. The fourth-order valence-electron chi connectivity index (χ4n) is 3.45. The molecule has 0 saturated heterocycles. The molecule has 1 N–H and O–H groups in total. The minimum atomic E-state index is -0.496. The van der Waals surface area contributed by atoms with Crippen LogP contribution in [0.15, 0.2) is 65.3 Å². The van der Waals surface area contributed by atoms with Gasteiger partial charge in [0.05, 0.1) is 14.2 Å². The maximum absolute atomic E-state index is 12.9. The lowest BCUT2D eigenvalue weighted by Gasteiger charge is -2.20. The van der Waals surface area contributed by atoms with Crippen LogP contribution in [0.25, 0.3) is 11.5 Å². The number of nitrogens with zero attached hydrogens (tertiary/aromatic N) is 4. The molecular formula is C24H25N5O4. The number of benzene rings is 2. The van der Waals surface area contributed by atoms with Crippen LogP contribution >= 0.6 is 0 Å². The molecule has 4 rings (SSSR count). The largest absolute Gasteiger partial charge is 0.497 e. The van der Waals surface area contributed by atoms with Crippen LogP contribution in [0.4, 0.5) is 0 Å². The average Bonchev–Trinajstić information content (AvgIpc) is 3.50. The quantitative estimate of drug-likeness (QED) is 0.420. The van der Waals surface area contributed by atoms with E-state index in [0.29, 0.717) is 35.5 Å². The Kier molecular flexibility index (Phi) is 6.68. The van der Waals surface area contributed by atoms with Gasteiger partial charge in [-0.15, -0.1) is 10.2 Å². The van der Waals surface area contributed by atoms with Crippen LogP contribution in [0.5, 0.6) is 11.5 Å². The summed E-state index contributed by atoms with van der Waals surface area (Å²) in [5.41, 5.74) is 1.63. The molecule has 0 aliphatic rings. The Hall–Kier alpha value is -4.14. The van der Waals surface area contributed by atoms with Crippen LogP contribution in [0, 0.1) is 0 Å². The predicted molar refractivity (Wildman–Crippen MR) is 121 cm³/mol. The first kappa shape index (κ1) is 22.1. The van der Waals surface area contributed by atoms with E-state index in [1.165, 1.54) is 0 Å². The molecule has 0 aliphatic carbocycles. The summed E-state index contributed by atoms with van der Waals surface area (Å²) in [5, 5.41) is 11.2. The number of amides is 1. The van der Waals surface area contributed by atoms with Gasteiger partial charge in [-0.3, -0.25) is 4.79 Å². The monoisotopic (exact) mass is 447 g/mol. The summed E-state index contributed by atoms with van der Waals surface area (Å²) in [7, 11) is 5.05. The molecule has 2 aromatic carbocycles. The van der Waals surface area contributed by atoms with Crippen molar-refractivity contribution in [3.05, 3.63) is 78.2 Å². The third kappa shape index (κ3) is 5.20. The van der Waals surface area contributed by atoms with Crippen LogP contribution in [0.1, 0.15) is 29.7 Å². The minimum Gasteiger partial charge on any atom is -0.497 e. The number of methoxy groups -OCH3 is 2. The SMILES string of the molecule is COc1cc(OC)cc([C@H](NC(=O)CCc2nnc(-c3ccccc3)o2)c2nccn2C)c1. The van der Waals surface area contributed by atoms with Crippen LogP contribution in [0.3, 0.4) is 0 Å². The average molecular weight is 447 g/mol. The van der Waals surface area contributed by atoms with Crippen molar-refractivity contribution in [2.75, 3.05) is 14.2 Å². The van der Waals surface area contributed by atoms with Crippen molar-refractivity contribution in [1.29, 1.82) is 0 Å². The Bertz CT molecular complexity index is 1200. The summed E-state index contributed by atoms with van der Waals surface area (Å²) in [6.45, 7) is 0. The summed E-state index contributed by atoms with van der Waals surface area (Å²) in [5.74, 6) is 2.59. The Balaban J connectivity index is 1.50. The van der Waals surface area contributed by atoms with Crippen molar-refractivity contribution in [3.63, 3.8) is 0 Å². The maximum Gasteiger partial charge on any atom is 0.247 e. The number of nitrogens with one attached hydrogen (secondary N) is 1. The topological polar surface area (TPSA) is 104 Å². The van der Waals surface area contributed by atoms with Crippen LogP contribution in [-0.2, 0) is 18.3 Å². The highest BCUT2D eigenvalue weighted by atomic mass is 16.5. The zero-order chi connectivity index (χ0) is 23.2. The molecule has 4 aromatic rings. The minimum absolute atomic E-state index is 0.177. The van der Waals surface area contributed by atoms with Crippen molar-refractivity contribution in [3.8, 4) is 23.0 Å². The van der Waals surface area contributed by atoms with Gasteiger partial charge in [-0.05, 0) is 29.8 Å². The van der Waals surface area contributed by atoms with E-state index in [1.807, 2.05) is 60.3 Å². The number of rotatable bonds is 9. The van der Waals surface area contributed by atoms with E-state index < -0.39 is 6.04 Å². The van der Waals surface area contributed by atoms with E-state index in [2.05, 4.69) is 20.5 Å². The van der Waals surface area contributed by atoms with Crippen molar-refractivity contribution < 1.29 is 18.7 Å². The van der Waals surface area contributed by atoms with Gasteiger partial charge in [0.2, 0.25) is 17.7 Å². The zero-order valence-corrected chi connectivity index (χ0v) is 18.7. The van der Waals surface area contributed by atoms with Crippen LogP contribution in [0.2, 0.25) is 0 Å². The molecule has 1 atom stereocenters. The highest BCUT2D eigenvalue weighted by Gasteiger charge is 2.23. The molecule has 1 amide bonds. The lowest BCUT2D eigenvalue weighted by Crippen LogP contribution is -2.31. The second kappa shape index (κ2) is 9.99. The van der Waals surface area contributed by atoms with E-state index in [1.54, 1.807) is 26.5 Å². The Labute approximate surface area is 191 Å². The number of hydrogen-bond donors (Lipinski definition) is 1. The Morgan fingerprint density at radius 1 is 1.09 bits per heavy atom. The van der Waals surface area contributed by atoms with Gasteiger partial charge < -0.3 is 23.8 Å². The highest BCUT2D eigenvalue weighted by molar-refractivity contribution is 5.77. The molecule has 0 bridgehead atoms. The molecule has 33 heavy (non-hydrogen) atoms. The second-order valence-corrected chi connectivity index (χ2v) is 7.41. The van der Waals surface area contributed by atoms with Crippen molar-refractivity contribution in [2.45, 2.75) is 18.9 Å². The first-order valence-corrected chi connectivity index (χ1v) is 10.4. The molecule has 9 nitrogen and oxygen atoms in total. The molecule has 0 spiro atoms. The second-order valence-electron chi connectivity index (χ2n) is 7.41. The number of imidazole rings is 1. The zero-order valence-electron chi connectivity index (χ0n) is 18.7. The van der Waals surface area contributed by atoms with E-state index in [0.717, 1.165) is 11.1 Å². The van der Waals surface area contributed by atoms with E-state index in [9.17, 15) is 4.79 Å². The number of carbonyl (C=O) groups is 1. The molecule has 0 fully saturated rings. The number of ether oxygens (including phenoxy) is 2. The molecule has 2 heterocycles. The van der Waals surface area contributed by atoms with Gasteiger partial charge in [0.25, 0.3) is 0 Å². The van der Waals surface area contributed by atoms with Crippen LogP contribution < -0.4 is 14.8 Å². The third-order valence-electron chi connectivity index (χ3n) is 5.18. The standard InChI is InChI=1S/C24H25N5O4/c1-29-12-11-25-23(29)22(17-13-18(31-2)15-19(14-17)32-3)26-20(30)9-10-21-27-28-24(33-21)16-7-5-4-6-8-16/h4-8,11-15,22H,9-10H2,1-3H3,(H,26,30)/t22-/m0/s1. The molecule has 9 heteroatoms.